The number of fused-ring (bicyclic) bond motifs is 1. The van der Waals surface area contributed by atoms with Crippen molar-refractivity contribution < 1.29 is 9.53 Å². The van der Waals surface area contributed by atoms with Crippen LogP contribution >= 0.6 is 11.6 Å². The first-order valence-corrected chi connectivity index (χ1v) is 5.58. The van der Waals surface area contributed by atoms with Gasteiger partial charge in [0.25, 0.3) is 0 Å². The summed E-state index contributed by atoms with van der Waals surface area (Å²) in [4.78, 5) is 13.4. The molecule has 3 nitrogen and oxygen atoms in total. The molecule has 1 atom stereocenters. The minimum atomic E-state index is -0.123. The molecule has 2 rings (SSSR count). The molecule has 0 spiro atoms. The second kappa shape index (κ2) is 4.34. The molecule has 16 heavy (non-hydrogen) atoms. The van der Waals surface area contributed by atoms with Crippen LogP contribution in [0.4, 0.5) is 0 Å². The molecule has 0 radical (unpaired) electrons. The Labute approximate surface area is 100.0 Å². The fourth-order valence-electron chi connectivity index (χ4n) is 1.89. The van der Waals surface area contributed by atoms with E-state index >= 15 is 0 Å². The molecule has 1 unspecified atom stereocenters. The molecule has 0 aromatic heterocycles. The number of hydrogen-bond donors (Lipinski definition) is 0. The largest absolute Gasteiger partial charge is 0.492 e. The van der Waals surface area contributed by atoms with Crippen molar-refractivity contribution in [2.24, 2.45) is 5.92 Å². The van der Waals surface area contributed by atoms with E-state index in [4.69, 9.17) is 16.3 Å². The summed E-state index contributed by atoms with van der Waals surface area (Å²) in [5.74, 6) is 0.767. The average molecular weight is 240 g/mol. The summed E-state index contributed by atoms with van der Waals surface area (Å²) in [6, 6.07) is 5.57. The van der Waals surface area contributed by atoms with Crippen molar-refractivity contribution in [1.82, 2.24) is 4.90 Å². The first-order chi connectivity index (χ1) is 7.59. The monoisotopic (exact) mass is 239 g/mol. The second-order valence-electron chi connectivity index (χ2n) is 4.16. The van der Waals surface area contributed by atoms with Gasteiger partial charge in [-0.2, -0.15) is 0 Å². The highest BCUT2D eigenvalue weighted by atomic mass is 35.5. The minimum Gasteiger partial charge on any atom is -0.492 e. The first-order valence-electron chi connectivity index (χ1n) is 5.21. The van der Waals surface area contributed by atoms with Crippen molar-refractivity contribution in [3.8, 4) is 5.75 Å². The molecule has 1 aromatic rings. The number of rotatable bonds is 1. The number of carbonyl (C=O) groups excluding carboxylic acids is 1. The summed E-state index contributed by atoms with van der Waals surface area (Å²) < 4.78 is 5.56. The van der Waals surface area contributed by atoms with Crippen molar-refractivity contribution in [2.45, 2.75) is 6.42 Å². The average Bonchev–Trinajstić information content (AvgIpc) is 2.28. The zero-order valence-corrected chi connectivity index (χ0v) is 10.1. The maximum atomic E-state index is 11.8. The Bertz CT molecular complexity index is 417. The highest BCUT2D eigenvalue weighted by molar-refractivity contribution is 6.31. The van der Waals surface area contributed by atoms with E-state index in [1.165, 1.54) is 0 Å². The lowest BCUT2D eigenvalue weighted by Crippen LogP contribution is -2.36. The molecule has 1 heterocycles. The van der Waals surface area contributed by atoms with Gasteiger partial charge in [-0.15, -0.1) is 0 Å². The van der Waals surface area contributed by atoms with Crippen LogP contribution in [0.2, 0.25) is 5.02 Å². The molecule has 1 aliphatic heterocycles. The van der Waals surface area contributed by atoms with Crippen LogP contribution in [0.1, 0.15) is 5.56 Å². The number of amides is 1. The SMILES string of the molecule is CN(C)C(=O)C1COc2cccc(Cl)c2C1. The Morgan fingerprint density at radius 3 is 2.94 bits per heavy atom. The summed E-state index contributed by atoms with van der Waals surface area (Å²) in [7, 11) is 3.51. The smallest absolute Gasteiger partial charge is 0.228 e. The topological polar surface area (TPSA) is 29.5 Å². The fourth-order valence-corrected chi connectivity index (χ4v) is 2.13. The van der Waals surface area contributed by atoms with Crippen molar-refractivity contribution in [3.63, 3.8) is 0 Å². The van der Waals surface area contributed by atoms with Crippen molar-refractivity contribution in [2.75, 3.05) is 20.7 Å². The first kappa shape index (κ1) is 11.3. The lowest BCUT2D eigenvalue weighted by molar-refractivity contribution is -0.134. The zero-order chi connectivity index (χ0) is 11.7. The van der Waals surface area contributed by atoms with Gasteiger partial charge in [0, 0.05) is 24.7 Å². The van der Waals surface area contributed by atoms with E-state index in [2.05, 4.69) is 0 Å². The molecule has 1 aliphatic rings. The number of benzene rings is 1. The summed E-state index contributed by atoms with van der Waals surface area (Å²) in [6.45, 7) is 0.435. The number of nitrogens with zero attached hydrogens (tertiary/aromatic N) is 1. The Kier molecular flexibility index (Phi) is 3.06. The summed E-state index contributed by atoms with van der Waals surface area (Å²) >= 11 is 6.09. The molecule has 0 fully saturated rings. The highest BCUT2D eigenvalue weighted by Gasteiger charge is 2.28. The van der Waals surface area contributed by atoms with Crippen LogP contribution in [-0.4, -0.2) is 31.5 Å². The Morgan fingerprint density at radius 2 is 2.25 bits per heavy atom. The third-order valence-corrected chi connectivity index (χ3v) is 3.11. The Hall–Kier alpha value is -1.22. The van der Waals surface area contributed by atoms with Crippen LogP contribution in [0.3, 0.4) is 0 Å². The van der Waals surface area contributed by atoms with Gasteiger partial charge in [0.15, 0.2) is 0 Å². The molecule has 0 N–H and O–H groups in total. The van der Waals surface area contributed by atoms with E-state index < -0.39 is 0 Å². The Morgan fingerprint density at radius 1 is 1.50 bits per heavy atom. The van der Waals surface area contributed by atoms with Crippen molar-refractivity contribution in [1.29, 1.82) is 0 Å². The van der Waals surface area contributed by atoms with Gasteiger partial charge in [0.05, 0.1) is 5.92 Å². The molecule has 0 aliphatic carbocycles. The van der Waals surface area contributed by atoms with Crippen LogP contribution in [0.25, 0.3) is 0 Å². The van der Waals surface area contributed by atoms with E-state index in [9.17, 15) is 4.79 Å². The minimum absolute atomic E-state index is 0.0885. The predicted molar refractivity (Wildman–Crippen MR) is 62.8 cm³/mol. The van der Waals surface area contributed by atoms with Gasteiger partial charge in [-0.25, -0.2) is 0 Å². The van der Waals surface area contributed by atoms with Gasteiger partial charge in [0.2, 0.25) is 5.91 Å². The lowest BCUT2D eigenvalue weighted by atomic mass is 9.95. The van der Waals surface area contributed by atoms with Gasteiger partial charge in [-0.1, -0.05) is 17.7 Å². The maximum absolute atomic E-state index is 11.8. The normalized spacial score (nSPS) is 18.6. The highest BCUT2D eigenvalue weighted by Crippen LogP contribution is 2.33. The van der Waals surface area contributed by atoms with Crippen LogP contribution < -0.4 is 4.74 Å². The van der Waals surface area contributed by atoms with Crippen molar-refractivity contribution >= 4 is 17.5 Å². The Balaban J connectivity index is 2.23. The standard InChI is InChI=1S/C12H14ClNO2/c1-14(2)12(15)8-6-9-10(13)4-3-5-11(9)16-7-8/h3-5,8H,6-7H2,1-2H3. The van der Waals surface area contributed by atoms with Crippen LogP contribution in [0.5, 0.6) is 5.75 Å². The third-order valence-electron chi connectivity index (χ3n) is 2.76. The molecule has 0 saturated carbocycles. The molecular weight excluding hydrogens is 226 g/mol. The summed E-state index contributed by atoms with van der Waals surface area (Å²) in [5, 5.41) is 0.675. The molecule has 0 saturated heterocycles. The molecular formula is C12H14ClNO2. The second-order valence-corrected chi connectivity index (χ2v) is 4.57. The van der Waals surface area contributed by atoms with E-state index in [1.807, 2.05) is 18.2 Å². The third kappa shape index (κ3) is 2.00. The van der Waals surface area contributed by atoms with Gasteiger partial charge in [0.1, 0.15) is 12.4 Å². The quantitative estimate of drug-likeness (QED) is 0.750. The van der Waals surface area contributed by atoms with Gasteiger partial charge in [-0.3, -0.25) is 4.79 Å². The lowest BCUT2D eigenvalue weighted by Gasteiger charge is -2.27. The molecule has 0 bridgehead atoms. The van der Waals surface area contributed by atoms with E-state index in [-0.39, 0.29) is 11.8 Å². The number of hydrogen-bond acceptors (Lipinski definition) is 2. The van der Waals surface area contributed by atoms with Crippen LogP contribution in [0.15, 0.2) is 18.2 Å². The van der Waals surface area contributed by atoms with E-state index in [0.717, 1.165) is 11.3 Å². The van der Waals surface area contributed by atoms with Gasteiger partial charge >= 0.3 is 0 Å². The maximum Gasteiger partial charge on any atom is 0.228 e. The number of ether oxygens (including phenoxy) is 1. The van der Waals surface area contributed by atoms with Gasteiger partial charge in [-0.05, 0) is 18.6 Å². The number of halogens is 1. The van der Waals surface area contributed by atoms with Crippen LogP contribution in [0, 0.1) is 5.92 Å². The summed E-state index contributed by atoms with van der Waals surface area (Å²) in [5.41, 5.74) is 0.940. The van der Waals surface area contributed by atoms with E-state index in [1.54, 1.807) is 19.0 Å². The molecule has 86 valence electrons. The van der Waals surface area contributed by atoms with Gasteiger partial charge < -0.3 is 9.64 Å². The zero-order valence-electron chi connectivity index (χ0n) is 9.37. The van der Waals surface area contributed by atoms with Crippen LogP contribution in [-0.2, 0) is 11.2 Å². The van der Waals surface area contributed by atoms with Crippen molar-refractivity contribution in [3.05, 3.63) is 28.8 Å². The fraction of sp³-hybridized carbons (Fsp3) is 0.417. The molecule has 1 amide bonds. The van der Waals surface area contributed by atoms with E-state index in [0.29, 0.717) is 18.1 Å². The number of carbonyl (C=O) groups is 1. The molecule has 4 heteroatoms. The molecule has 1 aromatic carbocycles. The predicted octanol–water partition coefficient (Wildman–Crippen LogP) is 1.98. The summed E-state index contributed by atoms with van der Waals surface area (Å²) in [6.07, 6.45) is 0.659.